The van der Waals surface area contributed by atoms with Crippen LogP contribution < -0.4 is 5.32 Å². The van der Waals surface area contributed by atoms with Gasteiger partial charge in [-0.1, -0.05) is 20.8 Å². The van der Waals surface area contributed by atoms with E-state index in [1.165, 1.54) is 5.69 Å². The molecule has 3 nitrogen and oxygen atoms in total. The van der Waals surface area contributed by atoms with Gasteiger partial charge in [0.05, 0.1) is 15.9 Å². The number of hydrogen-bond acceptors (Lipinski definition) is 2. The molecule has 0 aliphatic rings. The van der Waals surface area contributed by atoms with E-state index < -0.39 is 0 Å². The quantitative estimate of drug-likeness (QED) is 0.719. The fourth-order valence-electron chi connectivity index (χ4n) is 2.05. The zero-order valence-electron chi connectivity index (χ0n) is 12.4. The van der Waals surface area contributed by atoms with E-state index in [0.717, 1.165) is 42.6 Å². The summed E-state index contributed by atoms with van der Waals surface area (Å²) in [5.74, 6) is 0.714. The lowest BCUT2D eigenvalue weighted by Crippen LogP contribution is -2.30. The van der Waals surface area contributed by atoms with Crippen molar-refractivity contribution in [2.24, 2.45) is 5.41 Å². The number of hydrogen-bond donors (Lipinski definition) is 1. The van der Waals surface area contributed by atoms with Crippen molar-refractivity contribution in [3.8, 4) is 0 Å². The molecule has 0 aromatic carbocycles. The molecule has 0 aliphatic heterocycles. The summed E-state index contributed by atoms with van der Waals surface area (Å²) in [4.78, 5) is 0. The largest absolute Gasteiger partial charge is 0.311 e. The summed E-state index contributed by atoms with van der Waals surface area (Å²) in [7, 11) is 0. The van der Waals surface area contributed by atoms with Crippen LogP contribution in [0.4, 0.5) is 0 Å². The molecule has 0 saturated heterocycles. The minimum atomic E-state index is 0.235. The molecule has 0 amide bonds. The molecule has 0 aliphatic carbocycles. The molecule has 110 valence electrons. The summed E-state index contributed by atoms with van der Waals surface area (Å²) < 4.78 is 3.23. The van der Waals surface area contributed by atoms with E-state index in [2.05, 4.69) is 58.7 Å². The molecule has 0 atom stereocenters. The molecule has 0 saturated carbocycles. The van der Waals surface area contributed by atoms with Gasteiger partial charge < -0.3 is 5.32 Å². The summed E-state index contributed by atoms with van der Waals surface area (Å²) in [6.07, 6.45) is 1.98. The van der Waals surface area contributed by atoms with Gasteiger partial charge in [-0.3, -0.25) is 4.68 Å². The molecule has 0 spiro atoms. The van der Waals surface area contributed by atoms with Crippen molar-refractivity contribution in [3.05, 3.63) is 15.9 Å². The van der Waals surface area contributed by atoms with Crippen LogP contribution in [-0.4, -0.2) is 22.2 Å². The van der Waals surface area contributed by atoms with Gasteiger partial charge in [-0.15, -0.1) is 11.6 Å². The number of alkyl halides is 1. The van der Waals surface area contributed by atoms with E-state index in [1.807, 2.05) is 0 Å². The molecule has 0 fully saturated rings. The van der Waals surface area contributed by atoms with Crippen LogP contribution >= 0.6 is 27.5 Å². The fourth-order valence-corrected chi connectivity index (χ4v) is 3.27. The molecule has 1 aromatic heterocycles. The summed E-state index contributed by atoms with van der Waals surface area (Å²) in [5, 5.41) is 8.14. The Hall–Kier alpha value is -0.0600. The average Bonchev–Trinajstić information content (AvgIpc) is 2.66. The van der Waals surface area contributed by atoms with Gasteiger partial charge >= 0.3 is 0 Å². The lowest BCUT2D eigenvalue weighted by Gasteiger charge is -2.24. The van der Waals surface area contributed by atoms with Crippen molar-refractivity contribution in [1.29, 1.82) is 0 Å². The number of aryl methyl sites for hydroxylation is 2. The maximum absolute atomic E-state index is 5.83. The maximum Gasteiger partial charge on any atom is 0.0767 e. The third kappa shape index (κ3) is 4.76. The first kappa shape index (κ1) is 17.0. The van der Waals surface area contributed by atoms with Gasteiger partial charge in [-0.2, -0.15) is 5.10 Å². The topological polar surface area (TPSA) is 29.9 Å². The third-order valence-corrected chi connectivity index (χ3v) is 4.47. The Labute approximate surface area is 130 Å². The van der Waals surface area contributed by atoms with Crippen molar-refractivity contribution < 1.29 is 0 Å². The lowest BCUT2D eigenvalue weighted by molar-refractivity contribution is 0.327. The summed E-state index contributed by atoms with van der Waals surface area (Å²) in [6.45, 7) is 11.4. The second kappa shape index (κ2) is 7.65. The zero-order chi connectivity index (χ0) is 14.5. The second-order valence-electron chi connectivity index (χ2n) is 5.58. The molecule has 5 heteroatoms. The first-order chi connectivity index (χ1) is 8.95. The number of nitrogens with zero attached hydrogens (tertiary/aromatic N) is 2. The number of aromatic nitrogens is 2. The van der Waals surface area contributed by atoms with Gasteiger partial charge in [0.15, 0.2) is 0 Å². The molecule has 1 rings (SSSR count). The van der Waals surface area contributed by atoms with Crippen molar-refractivity contribution in [1.82, 2.24) is 15.1 Å². The van der Waals surface area contributed by atoms with Crippen LogP contribution in [0.15, 0.2) is 4.47 Å². The molecule has 1 heterocycles. The monoisotopic (exact) mass is 349 g/mol. The van der Waals surface area contributed by atoms with E-state index in [-0.39, 0.29) is 5.41 Å². The number of rotatable bonds is 8. The van der Waals surface area contributed by atoms with Crippen molar-refractivity contribution in [3.63, 3.8) is 0 Å². The van der Waals surface area contributed by atoms with Crippen LogP contribution in [0.1, 0.15) is 45.5 Å². The second-order valence-corrected chi connectivity index (χ2v) is 6.75. The van der Waals surface area contributed by atoms with Crippen LogP contribution in [0.25, 0.3) is 0 Å². The van der Waals surface area contributed by atoms with E-state index in [4.69, 9.17) is 11.6 Å². The maximum atomic E-state index is 5.83. The minimum Gasteiger partial charge on any atom is -0.311 e. The molecule has 1 N–H and O–H groups in total. The number of halogens is 2. The number of nitrogens with one attached hydrogen (secondary N) is 1. The Morgan fingerprint density at radius 2 is 2.05 bits per heavy atom. The fraction of sp³-hybridized carbons (Fsp3) is 0.786. The smallest absolute Gasteiger partial charge is 0.0767 e. The highest BCUT2D eigenvalue weighted by atomic mass is 79.9. The lowest BCUT2D eigenvalue weighted by atomic mass is 9.90. The minimum absolute atomic E-state index is 0.235. The molecule has 0 radical (unpaired) electrons. The first-order valence-corrected chi connectivity index (χ1v) is 8.28. The van der Waals surface area contributed by atoms with E-state index >= 15 is 0 Å². The first-order valence-electron chi connectivity index (χ1n) is 6.96. The normalized spacial score (nSPS) is 12.1. The molecular formula is C14H25BrClN3. The van der Waals surface area contributed by atoms with Gasteiger partial charge in [-0.25, -0.2) is 0 Å². The Balaban J connectivity index is 2.65. The third-order valence-electron chi connectivity index (χ3n) is 3.36. The Bertz CT molecular complexity index is 402. The average molecular weight is 351 g/mol. The highest BCUT2D eigenvalue weighted by Crippen LogP contribution is 2.23. The predicted molar refractivity (Wildman–Crippen MR) is 85.8 cm³/mol. The van der Waals surface area contributed by atoms with Crippen molar-refractivity contribution >= 4 is 27.5 Å². The van der Waals surface area contributed by atoms with E-state index in [0.29, 0.717) is 5.88 Å². The van der Waals surface area contributed by atoms with Gasteiger partial charge in [0.2, 0.25) is 0 Å². The van der Waals surface area contributed by atoms with Crippen LogP contribution in [0.3, 0.4) is 0 Å². The summed E-state index contributed by atoms with van der Waals surface area (Å²) in [6, 6.07) is 0. The summed E-state index contributed by atoms with van der Waals surface area (Å²) >= 11 is 9.50. The molecule has 1 aromatic rings. The van der Waals surface area contributed by atoms with Crippen LogP contribution in [-0.2, 0) is 19.5 Å². The zero-order valence-corrected chi connectivity index (χ0v) is 14.7. The highest BCUT2D eigenvalue weighted by molar-refractivity contribution is 9.10. The highest BCUT2D eigenvalue weighted by Gasteiger charge is 2.18. The Morgan fingerprint density at radius 3 is 2.58 bits per heavy atom. The molecular weight excluding hydrogens is 326 g/mol. The van der Waals surface area contributed by atoms with Crippen LogP contribution in [0.2, 0.25) is 0 Å². The van der Waals surface area contributed by atoms with Crippen LogP contribution in [0.5, 0.6) is 0 Å². The predicted octanol–water partition coefficient (Wildman–Crippen LogP) is 3.97. The van der Waals surface area contributed by atoms with E-state index in [9.17, 15) is 0 Å². The molecule has 0 bridgehead atoms. The van der Waals surface area contributed by atoms with Gasteiger partial charge in [0.25, 0.3) is 0 Å². The Kier molecular flexibility index (Phi) is 6.84. The standard InChI is InChI=1S/C14H25BrClN3/c1-5-11-13(15)12(19(6-2)18-11)9-17-10-14(3,4)7-8-16/h17H,5-10H2,1-4H3. The molecule has 19 heavy (non-hydrogen) atoms. The van der Waals surface area contributed by atoms with Crippen molar-refractivity contribution in [2.45, 2.75) is 53.6 Å². The van der Waals surface area contributed by atoms with Gasteiger partial charge in [0, 0.05) is 25.5 Å². The van der Waals surface area contributed by atoms with Crippen LogP contribution in [0, 0.1) is 5.41 Å². The van der Waals surface area contributed by atoms with Gasteiger partial charge in [-0.05, 0) is 41.1 Å². The van der Waals surface area contributed by atoms with E-state index in [1.54, 1.807) is 0 Å². The van der Waals surface area contributed by atoms with Gasteiger partial charge in [0.1, 0.15) is 0 Å². The SMILES string of the molecule is CCc1nn(CC)c(CNCC(C)(C)CCCl)c1Br. The summed E-state index contributed by atoms with van der Waals surface area (Å²) in [5.41, 5.74) is 2.61. The molecule has 0 unspecified atom stereocenters. The Morgan fingerprint density at radius 1 is 1.37 bits per heavy atom. The van der Waals surface area contributed by atoms with Crippen molar-refractivity contribution in [2.75, 3.05) is 12.4 Å².